The summed E-state index contributed by atoms with van der Waals surface area (Å²) >= 11 is 0.981. The lowest BCUT2D eigenvalue weighted by molar-refractivity contribution is -0.123. The molecule has 1 aromatic heterocycles. The minimum atomic E-state index is -0.274. The number of hydrogen-bond acceptors (Lipinski definition) is 5. The van der Waals surface area contributed by atoms with Crippen molar-refractivity contribution in [1.29, 1.82) is 0 Å². The predicted octanol–water partition coefficient (Wildman–Crippen LogP) is 6.73. The number of hydrogen-bond donors (Lipinski definition) is 0. The maximum atomic E-state index is 13.1. The number of benzene rings is 2. The molecule has 0 saturated carbocycles. The topological polar surface area (TPSA) is 60.8 Å². The van der Waals surface area contributed by atoms with Crippen LogP contribution in [0.1, 0.15) is 47.8 Å². The second kappa shape index (κ2) is 11.7. The van der Waals surface area contributed by atoms with Gasteiger partial charge in [0.1, 0.15) is 24.7 Å². The highest BCUT2D eigenvalue weighted by Gasteiger charge is 2.35. The van der Waals surface area contributed by atoms with Gasteiger partial charge in [-0.25, -0.2) is 0 Å². The minimum absolute atomic E-state index is 0.212. The van der Waals surface area contributed by atoms with Gasteiger partial charge in [-0.1, -0.05) is 44.2 Å². The average Bonchev–Trinajstić information content (AvgIpc) is 3.28. The number of aromatic nitrogens is 1. The Balaban J connectivity index is 1.39. The summed E-state index contributed by atoms with van der Waals surface area (Å²) in [6.07, 6.45) is 1.82. The zero-order valence-electron chi connectivity index (χ0n) is 22.1. The fourth-order valence-corrected chi connectivity index (χ4v) is 5.27. The van der Waals surface area contributed by atoms with Crippen LogP contribution in [0.4, 0.5) is 4.79 Å². The number of carbonyl (C=O) groups excluding carboxylic acids is 2. The van der Waals surface area contributed by atoms with E-state index in [0.717, 1.165) is 51.3 Å². The summed E-state index contributed by atoms with van der Waals surface area (Å²) in [5.41, 5.74) is 5.26. The highest BCUT2D eigenvalue weighted by molar-refractivity contribution is 8.18. The zero-order valence-corrected chi connectivity index (χ0v) is 22.9. The zero-order chi connectivity index (χ0) is 26.5. The molecule has 6 nitrogen and oxygen atoms in total. The van der Waals surface area contributed by atoms with Crippen molar-refractivity contribution in [2.24, 2.45) is 0 Å². The van der Waals surface area contributed by atoms with Crippen LogP contribution in [0.5, 0.6) is 11.5 Å². The Morgan fingerprint density at radius 1 is 0.919 bits per heavy atom. The molecular weight excluding hydrogens is 484 g/mol. The number of aryl methyl sites for hydroxylation is 2. The van der Waals surface area contributed by atoms with E-state index >= 15 is 0 Å². The molecule has 3 aromatic rings. The van der Waals surface area contributed by atoms with Gasteiger partial charge in [0.05, 0.1) is 18.0 Å². The van der Waals surface area contributed by atoms with E-state index in [1.54, 1.807) is 0 Å². The fourth-order valence-electron chi connectivity index (χ4n) is 4.41. The van der Waals surface area contributed by atoms with E-state index in [2.05, 4.69) is 30.5 Å². The van der Waals surface area contributed by atoms with E-state index in [1.165, 1.54) is 4.90 Å². The quantitative estimate of drug-likeness (QED) is 0.279. The summed E-state index contributed by atoms with van der Waals surface area (Å²) in [7, 11) is 0. The van der Waals surface area contributed by atoms with Crippen LogP contribution in [0.3, 0.4) is 0 Å². The van der Waals surface area contributed by atoms with Gasteiger partial charge >= 0.3 is 0 Å². The molecule has 7 heteroatoms. The van der Waals surface area contributed by atoms with Crippen LogP contribution in [0.15, 0.2) is 59.5 Å². The molecule has 0 atom stereocenters. The number of thioether (sulfide) groups is 1. The molecule has 1 saturated heterocycles. The molecule has 194 valence electrons. The lowest BCUT2D eigenvalue weighted by Gasteiger charge is -2.17. The molecule has 37 heavy (non-hydrogen) atoms. The second-order valence-electron chi connectivity index (χ2n) is 9.52. The summed E-state index contributed by atoms with van der Waals surface area (Å²) in [5.74, 6) is 1.69. The van der Waals surface area contributed by atoms with Crippen LogP contribution in [0.25, 0.3) is 6.08 Å². The lowest BCUT2D eigenvalue weighted by atomic mass is 10.0. The first-order valence-electron chi connectivity index (χ1n) is 12.6. The largest absolute Gasteiger partial charge is 0.492 e. The molecule has 0 N–H and O–H groups in total. The van der Waals surface area contributed by atoms with E-state index in [-0.39, 0.29) is 24.3 Å². The van der Waals surface area contributed by atoms with Crippen molar-refractivity contribution in [3.05, 3.63) is 87.6 Å². The van der Waals surface area contributed by atoms with Gasteiger partial charge < -0.3 is 14.0 Å². The van der Waals surface area contributed by atoms with Crippen molar-refractivity contribution in [3.63, 3.8) is 0 Å². The number of ether oxygens (including phenoxy) is 2. The van der Waals surface area contributed by atoms with E-state index in [4.69, 9.17) is 9.47 Å². The highest BCUT2D eigenvalue weighted by atomic mass is 32.2. The van der Waals surface area contributed by atoms with Crippen LogP contribution in [0, 0.1) is 20.8 Å². The van der Waals surface area contributed by atoms with Crippen molar-refractivity contribution in [3.8, 4) is 11.5 Å². The van der Waals surface area contributed by atoms with Gasteiger partial charge in [0, 0.05) is 11.4 Å². The standard InChI is InChI=1S/C30H34N2O4S/c1-20(2)26-12-11-21(3)17-27(26)36-16-14-32-29(33)28(37-30(32)34)19-24-18-22(4)31(23(24)5)13-15-35-25-9-7-6-8-10-25/h6-12,17-20H,13-16H2,1-5H3/b28-19-. The Morgan fingerprint density at radius 2 is 1.65 bits per heavy atom. The molecule has 0 aliphatic carbocycles. The van der Waals surface area contributed by atoms with Crippen molar-refractivity contribution in [1.82, 2.24) is 9.47 Å². The Morgan fingerprint density at radius 3 is 2.38 bits per heavy atom. The summed E-state index contributed by atoms with van der Waals surface area (Å²) in [6.45, 7) is 12.0. The molecule has 2 amide bonds. The number of amides is 2. The number of carbonyl (C=O) groups is 2. The van der Waals surface area contributed by atoms with Gasteiger partial charge in [0.2, 0.25) is 0 Å². The predicted molar refractivity (Wildman–Crippen MR) is 149 cm³/mol. The number of rotatable bonds is 10. The molecule has 1 aliphatic rings. The number of para-hydroxylation sites is 1. The molecule has 4 rings (SSSR count). The van der Waals surface area contributed by atoms with Crippen LogP contribution in [-0.2, 0) is 11.3 Å². The van der Waals surface area contributed by atoms with E-state index in [9.17, 15) is 9.59 Å². The van der Waals surface area contributed by atoms with Gasteiger partial charge in [-0.05, 0) is 85.5 Å². The summed E-state index contributed by atoms with van der Waals surface area (Å²) < 4.78 is 14.0. The third-order valence-electron chi connectivity index (χ3n) is 6.46. The lowest BCUT2D eigenvalue weighted by Crippen LogP contribution is -2.32. The first-order valence-corrected chi connectivity index (χ1v) is 13.4. The minimum Gasteiger partial charge on any atom is -0.492 e. The monoisotopic (exact) mass is 518 g/mol. The van der Waals surface area contributed by atoms with Crippen LogP contribution < -0.4 is 9.47 Å². The van der Waals surface area contributed by atoms with Crippen LogP contribution in [0.2, 0.25) is 0 Å². The van der Waals surface area contributed by atoms with Gasteiger partial charge in [-0.3, -0.25) is 14.5 Å². The van der Waals surface area contributed by atoms with Crippen molar-refractivity contribution < 1.29 is 19.1 Å². The molecule has 0 radical (unpaired) electrons. The third-order valence-corrected chi connectivity index (χ3v) is 7.37. The van der Waals surface area contributed by atoms with E-state index < -0.39 is 0 Å². The molecule has 0 spiro atoms. The first kappa shape index (κ1) is 26.6. The molecular formula is C30H34N2O4S. The van der Waals surface area contributed by atoms with Gasteiger partial charge in [0.15, 0.2) is 0 Å². The summed E-state index contributed by atoms with van der Waals surface area (Å²) in [4.78, 5) is 27.4. The SMILES string of the molecule is Cc1ccc(C(C)C)c(OCCN2C(=O)S/C(=C\c3cc(C)n(CCOc4ccccc4)c3C)C2=O)c1. The molecule has 2 heterocycles. The third kappa shape index (κ3) is 6.28. The Hall–Kier alpha value is -3.45. The Labute approximate surface area is 223 Å². The summed E-state index contributed by atoms with van der Waals surface area (Å²) in [6, 6.07) is 17.9. The highest BCUT2D eigenvalue weighted by Crippen LogP contribution is 2.33. The van der Waals surface area contributed by atoms with E-state index in [1.807, 2.05) is 69.3 Å². The van der Waals surface area contributed by atoms with Crippen LogP contribution in [-0.4, -0.2) is 40.4 Å². The van der Waals surface area contributed by atoms with Gasteiger partial charge in [-0.2, -0.15) is 0 Å². The first-order chi connectivity index (χ1) is 17.7. The van der Waals surface area contributed by atoms with Gasteiger partial charge in [-0.15, -0.1) is 0 Å². The van der Waals surface area contributed by atoms with Crippen molar-refractivity contribution in [2.75, 3.05) is 19.8 Å². The van der Waals surface area contributed by atoms with Crippen LogP contribution >= 0.6 is 11.8 Å². The average molecular weight is 519 g/mol. The maximum absolute atomic E-state index is 13.1. The molecule has 0 unspecified atom stereocenters. The molecule has 0 bridgehead atoms. The van der Waals surface area contributed by atoms with Crippen molar-refractivity contribution >= 4 is 29.0 Å². The van der Waals surface area contributed by atoms with E-state index in [0.29, 0.717) is 24.0 Å². The Bertz CT molecular complexity index is 1310. The number of nitrogens with zero attached hydrogens (tertiary/aromatic N) is 2. The molecule has 1 fully saturated rings. The molecule has 2 aromatic carbocycles. The Kier molecular flexibility index (Phi) is 8.44. The fraction of sp³-hybridized carbons (Fsp3) is 0.333. The van der Waals surface area contributed by atoms with Gasteiger partial charge in [0.25, 0.3) is 11.1 Å². The maximum Gasteiger partial charge on any atom is 0.293 e. The van der Waals surface area contributed by atoms with Crippen molar-refractivity contribution in [2.45, 2.75) is 47.1 Å². The normalized spacial score (nSPS) is 14.8. The smallest absolute Gasteiger partial charge is 0.293 e. The number of imide groups is 1. The summed E-state index contributed by atoms with van der Waals surface area (Å²) in [5, 5.41) is -0.266. The molecule has 1 aliphatic heterocycles. The second-order valence-corrected chi connectivity index (χ2v) is 10.5.